The maximum absolute atomic E-state index is 13.0. The lowest BCUT2D eigenvalue weighted by Crippen LogP contribution is -2.58. The van der Waals surface area contributed by atoms with Crippen molar-refractivity contribution in [2.45, 2.75) is 169 Å². The Hall–Kier alpha value is -1.93. The number of aliphatic carboxylic acids is 1. The van der Waals surface area contributed by atoms with Crippen LogP contribution in [-0.2, 0) is 23.9 Å². The lowest BCUT2D eigenvalue weighted by Gasteiger charge is -2.45. The fourth-order valence-corrected chi connectivity index (χ4v) is 5.47. The largest absolute Gasteiger partial charge is 0.481 e. The molecule has 0 radical (unpaired) electrons. The minimum absolute atomic E-state index is 0.0649. The Bertz CT molecular complexity index is 825. The number of hydrogen-bond acceptors (Lipinski definition) is 5. The molecule has 2 amide bonds. The number of carbonyl (C=O) groups excluding carboxylic acids is 2. The van der Waals surface area contributed by atoms with Gasteiger partial charge in [0.1, 0.15) is 6.10 Å². The molecule has 250 valence electrons. The molecule has 0 aromatic rings. The van der Waals surface area contributed by atoms with Crippen LogP contribution in [0.1, 0.15) is 151 Å². The Morgan fingerprint density at radius 3 is 2.05 bits per heavy atom. The lowest BCUT2D eigenvalue weighted by molar-refractivity contribution is -0.304. The van der Waals surface area contributed by atoms with Crippen molar-refractivity contribution in [1.82, 2.24) is 10.6 Å². The van der Waals surface area contributed by atoms with Crippen LogP contribution in [0.25, 0.3) is 0 Å². The molecule has 8 nitrogen and oxygen atoms in total. The summed E-state index contributed by atoms with van der Waals surface area (Å²) in [4.78, 5) is 37.1. The number of unbranched alkanes of at least 4 members (excludes halogenated alkanes) is 12. The molecule has 0 aromatic carbocycles. The van der Waals surface area contributed by atoms with Crippen LogP contribution in [0.4, 0.5) is 0 Å². The first-order chi connectivity index (χ1) is 20.4. The van der Waals surface area contributed by atoms with Gasteiger partial charge in [-0.1, -0.05) is 90.7 Å². The molecular weight excluding hydrogens is 544 g/mol. The first-order valence-electron chi connectivity index (χ1n) is 17.2. The van der Waals surface area contributed by atoms with Crippen molar-refractivity contribution in [2.24, 2.45) is 11.3 Å². The van der Waals surface area contributed by atoms with Gasteiger partial charge in [-0.05, 0) is 65.7 Å². The molecule has 43 heavy (non-hydrogen) atoms. The van der Waals surface area contributed by atoms with Crippen molar-refractivity contribution >= 4 is 17.8 Å². The summed E-state index contributed by atoms with van der Waals surface area (Å²) in [5.41, 5.74) is -0.528. The van der Waals surface area contributed by atoms with Gasteiger partial charge in [-0.2, -0.15) is 0 Å². The fraction of sp³-hybridized carbons (Fsp3) is 0.857. The molecule has 0 spiro atoms. The molecule has 3 unspecified atom stereocenters. The average molecular weight is 609 g/mol. The van der Waals surface area contributed by atoms with E-state index in [1.165, 1.54) is 64.2 Å². The molecule has 0 saturated carbocycles. The number of ether oxygens (including phenoxy) is 2. The number of nitrogens with one attached hydrogen (secondary N) is 2. The highest BCUT2D eigenvalue weighted by molar-refractivity contribution is 5.83. The predicted molar refractivity (Wildman–Crippen MR) is 174 cm³/mol. The summed E-state index contributed by atoms with van der Waals surface area (Å²) in [6, 6.07) is -0.550. The van der Waals surface area contributed by atoms with Gasteiger partial charge >= 0.3 is 5.97 Å². The molecule has 1 fully saturated rings. The number of carboxylic acid groups (broad SMARTS) is 1. The van der Waals surface area contributed by atoms with Crippen molar-refractivity contribution in [3.05, 3.63) is 12.2 Å². The molecule has 0 aliphatic carbocycles. The monoisotopic (exact) mass is 608 g/mol. The smallest absolute Gasteiger partial charge is 0.308 e. The van der Waals surface area contributed by atoms with E-state index in [2.05, 4.69) is 29.7 Å². The zero-order chi connectivity index (χ0) is 32.1. The van der Waals surface area contributed by atoms with E-state index in [0.29, 0.717) is 38.8 Å². The van der Waals surface area contributed by atoms with Crippen molar-refractivity contribution in [3.8, 4) is 0 Å². The van der Waals surface area contributed by atoms with E-state index in [4.69, 9.17) is 9.47 Å². The van der Waals surface area contributed by atoms with E-state index in [0.717, 1.165) is 19.3 Å². The van der Waals surface area contributed by atoms with Crippen LogP contribution >= 0.6 is 0 Å². The van der Waals surface area contributed by atoms with Gasteiger partial charge in [0.2, 0.25) is 11.8 Å². The molecule has 3 atom stereocenters. The standard InChI is InChI=1S/C35H64N2O6/c1-7-8-9-10-11-12-13-14-15-16-17-18-19-20-21-25-30(38)36-26-23-22-24-29(33(40)41)28(2)37-32(39)31-34(3,4)27-42-35(5,6)43-31/h14-15,28-29,31H,7-13,16-27H2,1-6H3,(H,36,38)(H,37,39)(H,40,41). The average Bonchev–Trinajstić information content (AvgIpc) is 2.93. The molecule has 1 rings (SSSR count). The zero-order valence-electron chi connectivity index (χ0n) is 28.3. The minimum atomic E-state index is -0.937. The normalized spacial score (nSPS) is 19.2. The van der Waals surface area contributed by atoms with Crippen LogP contribution in [-0.4, -0.2) is 54.0 Å². The number of allylic oxidation sites excluding steroid dienone is 2. The Morgan fingerprint density at radius 1 is 0.860 bits per heavy atom. The number of carboxylic acids is 1. The van der Waals surface area contributed by atoms with Gasteiger partial charge in [-0.25, -0.2) is 0 Å². The number of amides is 2. The topological polar surface area (TPSA) is 114 Å². The van der Waals surface area contributed by atoms with E-state index < -0.39 is 35.2 Å². The fourth-order valence-electron chi connectivity index (χ4n) is 5.47. The number of rotatable bonds is 24. The van der Waals surface area contributed by atoms with Crippen LogP contribution in [0.3, 0.4) is 0 Å². The second-order valence-electron chi connectivity index (χ2n) is 13.6. The molecule has 8 heteroatoms. The molecular formula is C35H64N2O6. The third kappa shape index (κ3) is 17.8. The third-order valence-electron chi connectivity index (χ3n) is 8.36. The first-order valence-corrected chi connectivity index (χ1v) is 17.2. The molecule has 3 N–H and O–H groups in total. The second-order valence-corrected chi connectivity index (χ2v) is 13.6. The van der Waals surface area contributed by atoms with Crippen molar-refractivity contribution < 1.29 is 29.0 Å². The summed E-state index contributed by atoms with van der Waals surface area (Å²) in [6.07, 6.45) is 22.3. The van der Waals surface area contributed by atoms with E-state index in [1.807, 2.05) is 13.8 Å². The highest BCUT2D eigenvalue weighted by Gasteiger charge is 2.46. The Labute approximate surface area is 262 Å². The zero-order valence-corrected chi connectivity index (χ0v) is 28.3. The van der Waals surface area contributed by atoms with E-state index in [-0.39, 0.29) is 11.8 Å². The van der Waals surface area contributed by atoms with Gasteiger partial charge in [0.15, 0.2) is 5.79 Å². The van der Waals surface area contributed by atoms with Gasteiger partial charge < -0.3 is 25.2 Å². The SMILES string of the molecule is CCCCCCCCC=CCCCCCCCC(=O)NCCCCC(C(=O)O)C(C)NC(=O)C1OC(C)(C)OCC1(C)C. The Balaban J connectivity index is 2.13. The summed E-state index contributed by atoms with van der Waals surface area (Å²) in [7, 11) is 0. The van der Waals surface area contributed by atoms with Crippen molar-refractivity contribution in [3.63, 3.8) is 0 Å². The van der Waals surface area contributed by atoms with Crippen LogP contribution in [0.15, 0.2) is 12.2 Å². The van der Waals surface area contributed by atoms with Crippen LogP contribution in [0.5, 0.6) is 0 Å². The summed E-state index contributed by atoms with van der Waals surface area (Å²) < 4.78 is 11.6. The van der Waals surface area contributed by atoms with Gasteiger partial charge in [-0.3, -0.25) is 14.4 Å². The van der Waals surface area contributed by atoms with Crippen molar-refractivity contribution in [1.29, 1.82) is 0 Å². The maximum atomic E-state index is 13.0. The predicted octanol–water partition coefficient (Wildman–Crippen LogP) is 7.69. The molecule has 1 aliphatic rings. The van der Waals surface area contributed by atoms with E-state index in [9.17, 15) is 19.5 Å². The van der Waals surface area contributed by atoms with Gasteiger partial charge in [0, 0.05) is 24.4 Å². The molecule has 0 aromatic heterocycles. The summed E-state index contributed by atoms with van der Waals surface area (Å²) in [5.74, 6) is -2.78. The number of hydrogen-bond donors (Lipinski definition) is 3. The highest BCUT2D eigenvalue weighted by atomic mass is 16.7. The Kier molecular flexibility index (Phi) is 19.7. The summed E-state index contributed by atoms with van der Waals surface area (Å²) >= 11 is 0. The van der Waals surface area contributed by atoms with Crippen molar-refractivity contribution in [2.75, 3.05) is 13.2 Å². The summed E-state index contributed by atoms with van der Waals surface area (Å²) in [6.45, 7) is 12.2. The number of carbonyl (C=O) groups is 3. The van der Waals surface area contributed by atoms with E-state index >= 15 is 0 Å². The molecule has 1 aliphatic heterocycles. The molecule has 1 heterocycles. The van der Waals surface area contributed by atoms with Gasteiger partial charge in [0.05, 0.1) is 12.5 Å². The second kappa shape index (κ2) is 21.7. The minimum Gasteiger partial charge on any atom is -0.481 e. The van der Waals surface area contributed by atoms with Crippen LogP contribution in [0, 0.1) is 11.3 Å². The Morgan fingerprint density at radius 2 is 1.44 bits per heavy atom. The maximum Gasteiger partial charge on any atom is 0.308 e. The molecule has 0 bridgehead atoms. The first kappa shape index (κ1) is 39.1. The van der Waals surface area contributed by atoms with Crippen LogP contribution in [0.2, 0.25) is 0 Å². The quantitative estimate of drug-likeness (QED) is 0.0764. The lowest BCUT2D eigenvalue weighted by atomic mass is 9.85. The van der Waals surface area contributed by atoms with Crippen LogP contribution < -0.4 is 10.6 Å². The molecule has 1 saturated heterocycles. The van der Waals surface area contributed by atoms with Gasteiger partial charge in [0.25, 0.3) is 0 Å². The third-order valence-corrected chi connectivity index (χ3v) is 8.36. The van der Waals surface area contributed by atoms with E-state index in [1.54, 1.807) is 20.8 Å². The summed E-state index contributed by atoms with van der Waals surface area (Å²) in [5, 5.41) is 15.6. The van der Waals surface area contributed by atoms with Gasteiger partial charge in [-0.15, -0.1) is 0 Å². The highest BCUT2D eigenvalue weighted by Crippen LogP contribution is 2.35.